The van der Waals surface area contributed by atoms with Crippen molar-refractivity contribution < 1.29 is 18.3 Å². The molecule has 0 aliphatic carbocycles. The Balaban J connectivity index is 1.92. The van der Waals surface area contributed by atoms with Crippen LogP contribution in [0.1, 0.15) is 33.1 Å². The summed E-state index contributed by atoms with van der Waals surface area (Å²) in [5, 5.41) is 11.0. The first-order valence-electron chi connectivity index (χ1n) is 10.5. The molecule has 7 heteroatoms. The van der Waals surface area contributed by atoms with E-state index in [1.807, 2.05) is 0 Å². The lowest BCUT2D eigenvalue weighted by molar-refractivity contribution is 0.0455. The van der Waals surface area contributed by atoms with Crippen molar-refractivity contribution >= 4 is 15.7 Å². The largest absolute Gasteiger partial charge is 0.495 e. The number of para-hydroxylation sites is 2. The first kappa shape index (κ1) is 22.6. The first-order chi connectivity index (χ1) is 14.3. The van der Waals surface area contributed by atoms with E-state index in [1.54, 1.807) is 54.6 Å². The number of β-amino-alcohol motifs (C(OH)–C–C–N with tert-alkyl or cyclic N) is 1. The van der Waals surface area contributed by atoms with Gasteiger partial charge in [-0.25, -0.2) is 8.42 Å². The second kappa shape index (κ2) is 9.81. The summed E-state index contributed by atoms with van der Waals surface area (Å²) >= 11 is 0. The molecule has 1 fully saturated rings. The van der Waals surface area contributed by atoms with Crippen LogP contribution < -0.4 is 9.04 Å². The smallest absolute Gasteiger partial charge is 0.264 e. The van der Waals surface area contributed by atoms with Crippen molar-refractivity contribution in [2.45, 2.75) is 56.2 Å². The van der Waals surface area contributed by atoms with E-state index in [0.717, 1.165) is 12.8 Å². The Labute approximate surface area is 180 Å². The quantitative estimate of drug-likeness (QED) is 0.691. The van der Waals surface area contributed by atoms with E-state index >= 15 is 0 Å². The number of sulfonamides is 1. The Bertz CT molecular complexity index is 910. The van der Waals surface area contributed by atoms with Crippen LogP contribution in [-0.2, 0) is 10.0 Å². The number of aliphatic hydroxyl groups is 1. The van der Waals surface area contributed by atoms with E-state index in [-0.39, 0.29) is 11.4 Å². The highest BCUT2D eigenvalue weighted by Crippen LogP contribution is 2.32. The molecule has 2 aromatic rings. The second-order valence-electron chi connectivity index (χ2n) is 8.00. The third-order valence-corrected chi connectivity index (χ3v) is 7.65. The summed E-state index contributed by atoms with van der Waals surface area (Å²) in [5.41, 5.74) is 0.419. The van der Waals surface area contributed by atoms with Crippen molar-refractivity contribution in [2.75, 3.05) is 24.5 Å². The number of rotatable bonds is 8. The number of hydrogen-bond acceptors (Lipinski definition) is 5. The van der Waals surface area contributed by atoms with E-state index < -0.39 is 16.1 Å². The minimum atomic E-state index is -3.87. The third kappa shape index (κ3) is 4.96. The summed E-state index contributed by atoms with van der Waals surface area (Å²) in [4.78, 5) is 2.46. The predicted octanol–water partition coefficient (Wildman–Crippen LogP) is 3.51. The van der Waals surface area contributed by atoms with Gasteiger partial charge in [0.25, 0.3) is 10.0 Å². The molecule has 164 valence electrons. The molecule has 1 aliphatic heterocycles. The molecule has 0 unspecified atom stereocenters. The van der Waals surface area contributed by atoms with Crippen LogP contribution in [-0.4, -0.2) is 56.8 Å². The summed E-state index contributed by atoms with van der Waals surface area (Å²) in [7, 11) is -2.36. The number of nitrogens with zero attached hydrogens (tertiary/aromatic N) is 2. The van der Waals surface area contributed by atoms with Gasteiger partial charge in [-0.3, -0.25) is 9.21 Å². The molecule has 6 nitrogen and oxygen atoms in total. The Morgan fingerprint density at radius 2 is 1.67 bits per heavy atom. The zero-order valence-electron chi connectivity index (χ0n) is 17.9. The van der Waals surface area contributed by atoms with Crippen LogP contribution >= 0.6 is 0 Å². The van der Waals surface area contributed by atoms with Gasteiger partial charge in [-0.2, -0.15) is 0 Å². The Morgan fingerprint density at radius 1 is 1.07 bits per heavy atom. The Morgan fingerprint density at radius 3 is 2.30 bits per heavy atom. The lowest BCUT2D eigenvalue weighted by Gasteiger charge is -2.40. The van der Waals surface area contributed by atoms with Gasteiger partial charge >= 0.3 is 0 Å². The highest BCUT2D eigenvalue weighted by molar-refractivity contribution is 7.92. The van der Waals surface area contributed by atoms with Gasteiger partial charge in [-0.15, -0.1) is 0 Å². The Kier molecular flexibility index (Phi) is 7.39. The molecule has 0 aromatic heterocycles. The van der Waals surface area contributed by atoms with E-state index in [1.165, 1.54) is 17.8 Å². The van der Waals surface area contributed by atoms with E-state index in [2.05, 4.69) is 18.7 Å². The Hall–Kier alpha value is -2.09. The lowest BCUT2D eigenvalue weighted by atomic mass is 9.97. The van der Waals surface area contributed by atoms with Crippen molar-refractivity contribution in [1.82, 2.24) is 4.90 Å². The van der Waals surface area contributed by atoms with E-state index in [4.69, 9.17) is 4.74 Å². The standard InChI is InChI=1S/C23H32N2O4S/c1-18-10-9-11-19(2)24(18)16-20(26)17-25(22-14-7-8-15-23(22)29-3)30(27,28)21-12-5-4-6-13-21/h4-8,12-15,18-20,26H,9-11,16-17H2,1-3H3/t18-,19+,20-/m0/s1. The van der Waals surface area contributed by atoms with E-state index in [0.29, 0.717) is 30.1 Å². The average Bonchev–Trinajstić information content (AvgIpc) is 2.75. The molecule has 1 N–H and O–H groups in total. The van der Waals surface area contributed by atoms with Crippen LogP contribution in [0.25, 0.3) is 0 Å². The van der Waals surface area contributed by atoms with Crippen LogP contribution in [0.3, 0.4) is 0 Å². The summed E-state index contributed by atoms with van der Waals surface area (Å²) < 4.78 is 33.7. The molecule has 0 amide bonds. The number of benzene rings is 2. The number of hydrogen-bond donors (Lipinski definition) is 1. The van der Waals surface area contributed by atoms with Crippen molar-refractivity contribution in [3.63, 3.8) is 0 Å². The summed E-state index contributed by atoms with van der Waals surface area (Å²) in [6.45, 7) is 4.72. The normalized spacial score (nSPS) is 21.2. The van der Waals surface area contributed by atoms with E-state index in [9.17, 15) is 13.5 Å². The monoisotopic (exact) mass is 432 g/mol. The van der Waals surface area contributed by atoms with Crippen LogP contribution in [0.5, 0.6) is 5.75 Å². The molecule has 0 spiro atoms. The van der Waals surface area contributed by atoms with Gasteiger partial charge in [0.1, 0.15) is 5.75 Å². The second-order valence-corrected chi connectivity index (χ2v) is 9.86. The molecule has 1 heterocycles. The predicted molar refractivity (Wildman–Crippen MR) is 119 cm³/mol. The molecule has 30 heavy (non-hydrogen) atoms. The van der Waals surface area contributed by atoms with Crippen molar-refractivity contribution in [3.8, 4) is 5.75 Å². The SMILES string of the molecule is COc1ccccc1N(C[C@@H](O)CN1[C@H](C)CCC[C@@H]1C)S(=O)(=O)c1ccccc1. The number of aliphatic hydroxyl groups excluding tert-OH is 1. The summed E-state index contributed by atoms with van der Waals surface area (Å²) in [6.07, 6.45) is 2.53. The minimum absolute atomic E-state index is 0.0481. The highest BCUT2D eigenvalue weighted by atomic mass is 32.2. The highest BCUT2D eigenvalue weighted by Gasteiger charge is 2.32. The first-order valence-corrected chi connectivity index (χ1v) is 11.9. The fraction of sp³-hybridized carbons (Fsp3) is 0.478. The lowest BCUT2D eigenvalue weighted by Crippen LogP contribution is -2.50. The number of ether oxygens (including phenoxy) is 1. The molecule has 2 aromatic carbocycles. The number of methoxy groups -OCH3 is 1. The number of likely N-dealkylation sites (tertiary alicyclic amines) is 1. The number of piperidine rings is 1. The topological polar surface area (TPSA) is 70.1 Å². The average molecular weight is 433 g/mol. The van der Waals surface area contributed by atoms with Gasteiger partial charge in [0, 0.05) is 18.6 Å². The maximum atomic E-state index is 13.5. The van der Waals surface area contributed by atoms with Gasteiger partial charge in [-0.05, 0) is 51.0 Å². The fourth-order valence-corrected chi connectivity index (χ4v) is 5.74. The number of anilines is 1. The summed E-state index contributed by atoms with van der Waals surface area (Å²) in [5.74, 6) is 0.448. The minimum Gasteiger partial charge on any atom is -0.495 e. The van der Waals surface area contributed by atoms with Crippen molar-refractivity contribution in [2.24, 2.45) is 0 Å². The maximum absolute atomic E-state index is 13.5. The van der Waals surface area contributed by atoms with Crippen LogP contribution in [0.2, 0.25) is 0 Å². The molecule has 0 bridgehead atoms. The van der Waals surface area contributed by atoms with Gasteiger partial charge in [-0.1, -0.05) is 36.8 Å². The van der Waals surface area contributed by atoms with Gasteiger partial charge in [0.05, 0.1) is 30.3 Å². The fourth-order valence-electron chi connectivity index (χ4n) is 4.21. The maximum Gasteiger partial charge on any atom is 0.264 e. The van der Waals surface area contributed by atoms with Gasteiger partial charge < -0.3 is 9.84 Å². The van der Waals surface area contributed by atoms with Crippen LogP contribution in [0, 0.1) is 0 Å². The molecule has 3 rings (SSSR count). The molecule has 3 atom stereocenters. The summed E-state index contributed by atoms with van der Waals surface area (Å²) in [6, 6.07) is 16.0. The molecule has 1 aliphatic rings. The molecular weight excluding hydrogens is 400 g/mol. The molecule has 0 radical (unpaired) electrons. The van der Waals surface area contributed by atoms with Gasteiger partial charge in [0.15, 0.2) is 0 Å². The van der Waals surface area contributed by atoms with Crippen molar-refractivity contribution in [1.29, 1.82) is 0 Å². The molecular formula is C23H32N2O4S. The molecule has 0 saturated carbocycles. The third-order valence-electron chi connectivity index (χ3n) is 5.86. The van der Waals surface area contributed by atoms with Crippen LogP contribution in [0.4, 0.5) is 5.69 Å². The molecule has 1 saturated heterocycles. The van der Waals surface area contributed by atoms with Crippen LogP contribution in [0.15, 0.2) is 59.5 Å². The zero-order chi connectivity index (χ0) is 21.7. The van der Waals surface area contributed by atoms with Gasteiger partial charge in [0.2, 0.25) is 0 Å². The van der Waals surface area contributed by atoms with Crippen molar-refractivity contribution in [3.05, 3.63) is 54.6 Å². The zero-order valence-corrected chi connectivity index (χ0v) is 18.8.